The molecule has 1 aliphatic rings. The van der Waals surface area contributed by atoms with Gasteiger partial charge in [-0.3, -0.25) is 19.8 Å². The summed E-state index contributed by atoms with van der Waals surface area (Å²) in [6.45, 7) is 2.59. The number of carbonyl (C=O) groups is 1. The highest BCUT2D eigenvalue weighted by Gasteiger charge is 2.33. The highest BCUT2D eigenvalue weighted by atomic mass is 35.5. The molecule has 0 aliphatic carbocycles. The monoisotopic (exact) mass is 526 g/mol. The van der Waals surface area contributed by atoms with Gasteiger partial charge in [0.2, 0.25) is 0 Å². The average Bonchev–Trinajstić information content (AvgIpc) is 3.12. The number of carbonyl (C=O) groups excluding carboxylic acids is 1. The molecule has 1 aliphatic heterocycles. The van der Waals surface area contributed by atoms with E-state index in [2.05, 4.69) is 0 Å². The van der Waals surface area contributed by atoms with Crippen molar-refractivity contribution < 1.29 is 19.2 Å². The van der Waals surface area contributed by atoms with Crippen molar-refractivity contribution in [1.29, 1.82) is 0 Å². The number of benzene rings is 3. The van der Waals surface area contributed by atoms with Crippen LogP contribution in [-0.4, -0.2) is 21.8 Å². The summed E-state index contributed by atoms with van der Waals surface area (Å²) in [6.07, 6.45) is 1.68. The maximum Gasteiger partial charge on any atom is 0.270 e. The van der Waals surface area contributed by atoms with E-state index in [-0.39, 0.29) is 11.6 Å². The van der Waals surface area contributed by atoms with Crippen molar-refractivity contribution in [3.8, 4) is 11.5 Å². The van der Waals surface area contributed by atoms with E-state index in [9.17, 15) is 14.9 Å². The topological polar surface area (TPSA) is 81.9 Å². The summed E-state index contributed by atoms with van der Waals surface area (Å²) in [4.78, 5) is 25.2. The van der Waals surface area contributed by atoms with Crippen LogP contribution in [0.1, 0.15) is 18.1 Å². The van der Waals surface area contributed by atoms with Gasteiger partial charge in [-0.15, -0.1) is 0 Å². The number of amides is 1. The average molecular weight is 527 g/mol. The number of thiocarbonyl (C=S) groups is 1. The van der Waals surface area contributed by atoms with Crippen molar-refractivity contribution >= 4 is 63.3 Å². The Morgan fingerprint density at radius 3 is 2.49 bits per heavy atom. The smallest absolute Gasteiger partial charge is 0.270 e. The molecule has 0 unspecified atom stereocenters. The van der Waals surface area contributed by atoms with Crippen LogP contribution >= 0.6 is 35.6 Å². The maximum atomic E-state index is 13.1. The van der Waals surface area contributed by atoms with Crippen molar-refractivity contribution in [3.05, 3.63) is 97.9 Å². The SMILES string of the molecule is CCOc1cc(/C=C2/SC(=S)N(c3ccc([N+](=O)[O-])cc3)C2=O)cc(Cl)c1OCc1ccccc1. The van der Waals surface area contributed by atoms with E-state index in [1.807, 2.05) is 37.3 Å². The maximum absolute atomic E-state index is 13.1. The molecule has 0 N–H and O–H groups in total. The predicted octanol–water partition coefficient (Wildman–Crippen LogP) is 6.63. The molecule has 4 rings (SSSR count). The molecular weight excluding hydrogens is 508 g/mol. The first-order valence-corrected chi connectivity index (χ1v) is 12.1. The summed E-state index contributed by atoms with van der Waals surface area (Å²) >= 11 is 13.1. The number of nitrogens with zero attached hydrogens (tertiary/aromatic N) is 2. The first-order chi connectivity index (χ1) is 16.9. The Kier molecular flexibility index (Phi) is 7.70. The molecule has 0 saturated carbocycles. The highest BCUT2D eigenvalue weighted by Crippen LogP contribution is 2.40. The number of hydrogen-bond acceptors (Lipinski definition) is 7. The zero-order valence-corrected chi connectivity index (χ0v) is 20.9. The second-order valence-electron chi connectivity index (χ2n) is 7.33. The van der Waals surface area contributed by atoms with Crippen molar-refractivity contribution in [3.63, 3.8) is 0 Å². The van der Waals surface area contributed by atoms with Gasteiger partial charge >= 0.3 is 0 Å². The Morgan fingerprint density at radius 2 is 1.83 bits per heavy atom. The van der Waals surface area contributed by atoms with Crippen molar-refractivity contribution in [2.75, 3.05) is 11.5 Å². The zero-order valence-electron chi connectivity index (χ0n) is 18.5. The van der Waals surface area contributed by atoms with E-state index in [0.29, 0.717) is 50.2 Å². The standard InChI is InChI=1S/C25H19ClN2O5S2/c1-2-32-21-13-17(12-20(26)23(21)33-15-16-6-4-3-5-7-16)14-22-24(29)27(25(34)35-22)18-8-10-19(11-9-18)28(30)31/h3-14H,2,15H2,1H3/b22-14+. The summed E-state index contributed by atoms with van der Waals surface area (Å²) in [7, 11) is 0. The van der Waals surface area contributed by atoms with Gasteiger partial charge in [-0.1, -0.05) is 65.9 Å². The molecule has 1 fully saturated rings. The van der Waals surface area contributed by atoms with Crippen molar-refractivity contribution in [1.82, 2.24) is 0 Å². The van der Waals surface area contributed by atoms with Crippen LogP contribution in [0.5, 0.6) is 11.5 Å². The minimum absolute atomic E-state index is 0.0672. The fourth-order valence-electron chi connectivity index (χ4n) is 3.37. The molecule has 7 nitrogen and oxygen atoms in total. The molecule has 0 bridgehead atoms. The van der Waals surface area contributed by atoms with Crippen LogP contribution in [0.3, 0.4) is 0 Å². The van der Waals surface area contributed by atoms with Gasteiger partial charge < -0.3 is 9.47 Å². The van der Waals surface area contributed by atoms with E-state index in [4.69, 9.17) is 33.3 Å². The molecule has 178 valence electrons. The lowest BCUT2D eigenvalue weighted by molar-refractivity contribution is -0.384. The lowest BCUT2D eigenvalue weighted by atomic mass is 10.1. The summed E-state index contributed by atoms with van der Waals surface area (Å²) in [6, 6.07) is 18.8. The molecule has 0 aromatic heterocycles. The number of hydrogen-bond donors (Lipinski definition) is 0. The number of anilines is 1. The number of thioether (sulfide) groups is 1. The highest BCUT2D eigenvalue weighted by molar-refractivity contribution is 8.27. The third-order valence-corrected chi connectivity index (χ3v) is 6.55. The van der Waals surface area contributed by atoms with E-state index in [0.717, 1.165) is 17.3 Å². The summed E-state index contributed by atoms with van der Waals surface area (Å²) in [5.41, 5.74) is 2.03. The number of ether oxygens (including phenoxy) is 2. The molecular formula is C25H19ClN2O5S2. The first-order valence-electron chi connectivity index (χ1n) is 10.5. The van der Waals surface area contributed by atoms with Gasteiger partial charge in [-0.25, -0.2) is 0 Å². The molecule has 0 radical (unpaired) electrons. The summed E-state index contributed by atoms with van der Waals surface area (Å²) in [5.74, 6) is 0.563. The summed E-state index contributed by atoms with van der Waals surface area (Å²) in [5, 5.41) is 11.3. The minimum Gasteiger partial charge on any atom is -0.490 e. The quantitative estimate of drug-likeness (QED) is 0.141. The fraction of sp³-hybridized carbons (Fsp3) is 0.120. The lowest BCUT2D eigenvalue weighted by Crippen LogP contribution is -2.27. The number of non-ortho nitro benzene ring substituents is 1. The second kappa shape index (κ2) is 10.9. The Hall–Kier alpha value is -3.40. The van der Waals surface area contributed by atoms with E-state index in [1.54, 1.807) is 18.2 Å². The molecule has 10 heteroatoms. The third-order valence-electron chi connectivity index (χ3n) is 4.97. The van der Waals surface area contributed by atoms with Crippen molar-refractivity contribution in [2.24, 2.45) is 0 Å². The predicted molar refractivity (Wildman–Crippen MR) is 142 cm³/mol. The van der Waals surface area contributed by atoms with Gasteiger partial charge in [-0.2, -0.15) is 0 Å². The number of nitro groups is 1. The van der Waals surface area contributed by atoms with Crippen LogP contribution in [0.15, 0.2) is 71.6 Å². The minimum atomic E-state index is -0.499. The largest absolute Gasteiger partial charge is 0.490 e. The third kappa shape index (κ3) is 5.64. The normalized spacial score (nSPS) is 14.5. The van der Waals surface area contributed by atoms with Crippen LogP contribution in [0.2, 0.25) is 5.02 Å². The lowest BCUT2D eigenvalue weighted by Gasteiger charge is -2.15. The molecule has 1 heterocycles. The second-order valence-corrected chi connectivity index (χ2v) is 9.41. The number of rotatable bonds is 8. The van der Waals surface area contributed by atoms with E-state index in [1.165, 1.54) is 29.2 Å². The van der Waals surface area contributed by atoms with E-state index >= 15 is 0 Å². The van der Waals surface area contributed by atoms with Crippen LogP contribution < -0.4 is 14.4 Å². The van der Waals surface area contributed by atoms with Gasteiger partial charge in [0.05, 0.1) is 27.1 Å². The first kappa shape index (κ1) is 24.7. The Bertz CT molecular complexity index is 1310. The Labute approximate surface area is 216 Å². The molecule has 35 heavy (non-hydrogen) atoms. The van der Waals surface area contributed by atoms with Gasteiger partial charge in [0.15, 0.2) is 15.8 Å². The Morgan fingerprint density at radius 1 is 1.11 bits per heavy atom. The molecule has 1 saturated heterocycles. The molecule has 1 amide bonds. The molecule has 0 spiro atoms. The van der Waals surface area contributed by atoms with Crippen LogP contribution in [0.4, 0.5) is 11.4 Å². The van der Waals surface area contributed by atoms with Crippen LogP contribution in [0.25, 0.3) is 6.08 Å². The molecule has 3 aromatic rings. The van der Waals surface area contributed by atoms with Gasteiger partial charge in [0.25, 0.3) is 11.6 Å². The molecule has 0 atom stereocenters. The van der Waals surface area contributed by atoms with Crippen LogP contribution in [0, 0.1) is 10.1 Å². The van der Waals surface area contributed by atoms with Gasteiger partial charge in [0, 0.05) is 12.1 Å². The van der Waals surface area contributed by atoms with E-state index < -0.39 is 4.92 Å². The fourth-order valence-corrected chi connectivity index (χ4v) is 4.94. The Balaban J connectivity index is 1.59. The van der Waals surface area contributed by atoms with Crippen molar-refractivity contribution in [2.45, 2.75) is 13.5 Å². The van der Waals surface area contributed by atoms with Gasteiger partial charge in [-0.05, 0) is 48.4 Å². The van der Waals surface area contributed by atoms with Crippen LogP contribution in [-0.2, 0) is 11.4 Å². The molecule has 3 aromatic carbocycles. The van der Waals surface area contributed by atoms with Gasteiger partial charge in [0.1, 0.15) is 6.61 Å². The number of nitro benzene ring substituents is 1. The zero-order chi connectivity index (χ0) is 24.9. The summed E-state index contributed by atoms with van der Waals surface area (Å²) < 4.78 is 12.0. The number of halogens is 1.